The van der Waals surface area contributed by atoms with Crippen LogP contribution in [0.1, 0.15) is 38.5 Å². The molecule has 0 aliphatic carbocycles. The highest BCUT2D eigenvalue weighted by Crippen LogP contribution is 2.17. The predicted octanol–water partition coefficient (Wildman–Crippen LogP) is 2.75. The van der Waals surface area contributed by atoms with Crippen molar-refractivity contribution in [3.05, 3.63) is 24.2 Å². The van der Waals surface area contributed by atoms with E-state index >= 15 is 0 Å². The molecule has 15 heavy (non-hydrogen) atoms. The third-order valence-corrected chi connectivity index (χ3v) is 2.54. The molecular formula is C12H21NO2. The third-order valence-electron chi connectivity index (χ3n) is 2.54. The Balaban J connectivity index is 2.40. The summed E-state index contributed by atoms with van der Waals surface area (Å²) in [6, 6.07) is 4.70. The molecule has 2 atom stereocenters. The van der Waals surface area contributed by atoms with Crippen LogP contribution in [0.4, 0.5) is 0 Å². The Morgan fingerprint density at radius 1 is 1.53 bits per heavy atom. The van der Waals surface area contributed by atoms with Gasteiger partial charge in [0.1, 0.15) is 5.76 Å². The SMILES string of the molecule is CCC(NC(C)CCOC)c1ccco1. The molecule has 1 aromatic heterocycles. The van der Waals surface area contributed by atoms with E-state index in [-0.39, 0.29) is 0 Å². The standard InChI is InChI=1S/C12H21NO2/c1-4-11(12-6-5-8-15-12)13-10(2)7-9-14-3/h5-6,8,10-11,13H,4,7,9H2,1-3H3. The first-order valence-corrected chi connectivity index (χ1v) is 5.56. The van der Waals surface area contributed by atoms with Gasteiger partial charge < -0.3 is 14.5 Å². The molecule has 0 aromatic carbocycles. The van der Waals surface area contributed by atoms with Crippen LogP contribution in [-0.2, 0) is 4.74 Å². The smallest absolute Gasteiger partial charge is 0.120 e. The van der Waals surface area contributed by atoms with Crippen LogP contribution in [0, 0.1) is 0 Å². The van der Waals surface area contributed by atoms with Crippen molar-refractivity contribution < 1.29 is 9.15 Å². The van der Waals surface area contributed by atoms with Crippen molar-refractivity contribution in [2.45, 2.75) is 38.8 Å². The van der Waals surface area contributed by atoms with Crippen LogP contribution in [-0.4, -0.2) is 19.8 Å². The molecule has 0 amide bonds. The van der Waals surface area contributed by atoms with E-state index in [0.717, 1.165) is 25.2 Å². The lowest BCUT2D eigenvalue weighted by atomic mass is 10.1. The molecule has 0 fully saturated rings. The van der Waals surface area contributed by atoms with E-state index in [1.165, 1.54) is 0 Å². The fourth-order valence-corrected chi connectivity index (χ4v) is 1.61. The molecule has 3 heteroatoms. The van der Waals surface area contributed by atoms with Crippen LogP contribution in [0.25, 0.3) is 0 Å². The Kier molecular flexibility index (Phi) is 5.43. The Bertz CT molecular complexity index is 246. The fraction of sp³-hybridized carbons (Fsp3) is 0.667. The quantitative estimate of drug-likeness (QED) is 0.753. The third kappa shape index (κ3) is 4.06. The molecule has 3 nitrogen and oxygen atoms in total. The first-order chi connectivity index (χ1) is 7.27. The van der Waals surface area contributed by atoms with Crippen molar-refractivity contribution in [3.63, 3.8) is 0 Å². The van der Waals surface area contributed by atoms with E-state index in [0.29, 0.717) is 12.1 Å². The van der Waals surface area contributed by atoms with E-state index in [1.807, 2.05) is 12.1 Å². The van der Waals surface area contributed by atoms with Gasteiger partial charge in [0.05, 0.1) is 12.3 Å². The molecular weight excluding hydrogens is 190 g/mol. The van der Waals surface area contributed by atoms with Crippen molar-refractivity contribution in [1.82, 2.24) is 5.32 Å². The highest BCUT2D eigenvalue weighted by molar-refractivity contribution is 5.04. The van der Waals surface area contributed by atoms with Gasteiger partial charge in [-0.3, -0.25) is 0 Å². The summed E-state index contributed by atoms with van der Waals surface area (Å²) in [5, 5.41) is 3.53. The minimum Gasteiger partial charge on any atom is -0.468 e. The van der Waals surface area contributed by atoms with E-state index in [9.17, 15) is 0 Å². The molecule has 0 aliphatic heterocycles. The average molecular weight is 211 g/mol. The second kappa shape index (κ2) is 6.64. The van der Waals surface area contributed by atoms with Gasteiger partial charge in [-0.15, -0.1) is 0 Å². The minimum absolute atomic E-state index is 0.312. The number of furan rings is 1. The van der Waals surface area contributed by atoms with Gasteiger partial charge in [-0.25, -0.2) is 0 Å². The minimum atomic E-state index is 0.312. The molecule has 0 saturated heterocycles. The van der Waals surface area contributed by atoms with Crippen molar-refractivity contribution in [2.24, 2.45) is 0 Å². The van der Waals surface area contributed by atoms with Gasteiger partial charge in [-0.1, -0.05) is 6.92 Å². The molecule has 1 rings (SSSR count). The van der Waals surface area contributed by atoms with E-state index in [4.69, 9.17) is 9.15 Å². The lowest BCUT2D eigenvalue weighted by Gasteiger charge is -2.20. The van der Waals surface area contributed by atoms with Gasteiger partial charge in [0.25, 0.3) is 0 Å². The van der Waals surface area contributed by atoms with Gasteiger partial charge in [-0.2, -0.15) is 0 Å². The number of ether oxygens (including phenoxy) is 1. The number of hydrogen-bond donors (Lipinski definition) is 1. The topological polar surface area (TPSA) is 34.4 Å². The maximum atomic E-state index is 5.40. The highest BCUT2D eigenvalue weighted by Gasteiger charge is 2.14. The molecule has 1 heterocycles. The molecule has 86 valence electrons. The second-order valence-corrected chi connectivity index (χ2v) is 3.83. The molecule has 0 aliphatic rings. The molecule has 0 spiro atoms. The number of rotatable bonds is 7. The van der Waals surface area contributed by atoms with Gasteiger partial charge in [0.2, 0.25) is 0 Å². The van der Waals surface area contributed by atoms with Crippen molar-refractivity contribution in [1.29, 1.82) is 0 Å². The largest absolute Gasteiger partial charge is 0.468 e. The molecule has 0 bridgehead atoms. The number of methoxy groups -OCH3 is 1. The van der Waals surface area contributed by atoms with E-state index < -0.39 is 0 Å². The van der Waals surface area contributed by atoms with Gasteiger partial charge in [-0.05, 0) is 31.9 Å². The second-order valence-electron chi connectivity index (χ2n) is 3.83. The first kappa shape index (κ1) is 12.3. The monoisotopic (exact) mass is 211 g/mol. The normalized spacial score (nSPS) is 15.1. The van der Waals surface area contributed by atoms with E-state index in [1.54, 1.807) is 13.4 Å². The molecule has 1 N–H and O–H groups in total. The molecule has 1 aromatic rings. The van der Waals surface area contributed by atoms with Gasteiger partial charge >= 0.3 is 0 Å². The van der Waals surface area contributed by atoms with Crippen molar-refractivity contribution in [3.8, 4) is 0 Å². The molecule has 0 radical (unpaired) electrons. The molecule has 2 unspecified atom stereocenters. The predicted molar refractivity (Wildman–Crippen MR) is 60.8 cm³/mol. The summed E-state index contributed by atoms with van der Waals surface area (Å²) in [6.07, 6.45) is 3.78. The summed E-state index contributed by atoms with van der Waals surface area (Å²) in [7, 11) is 1.73. The van der Waals surface area contributed by atoms with Crippen LogP contribution in [0.2, 0.25) is 0 Å². The zero-order chi connectivity index (χ0) is 11.1. The summed E-state index contributed by atoms with van der Waals surface area (Å²) in [5.41, 5.74) is 0. The summed E-state index contributed by atoms with van der Waals surface area (Å²) in [6.45, 7) is 5.12. The van der Waals surface area contributed by atoms with Crippen molar-refractivity contribution in [2.75, 3.05) is 13.7 Å². The van der Waals surface area contributed by atoms with Crippen LogP contribution in [0.5, 0.6) is 0 Å². The zero-order valence-electron chi connectivity index (χ0n) is 9.82. The maximum Gasteiger partial charge on any atom is 0.120 e. The summed E-state index contributed by atoms with van der Waals surface area (Å²) >= 11 is 0. The highest BCUT2D eigenvalue weighted by atomic mass is 16.5. The van der Waals surface area contributed by atoms with Gasteiger partial charge in [0.15, 0.2) is 0 Å². The number of hydrogen-bond acceptors (Lipinski definition) is 3. The van der Waals surface area contributed by atoms with Crippen LogP contribution in [0.15, 0.2) is 22.8 Å². The lowest BCUT2D eigenvalue weighted by Crippen LogP contribution is -2.30. The summed E-state index contributed by atoms with van der Waals surface area (Å²) in [4.78, 5) is 0. The number of nitrogens with one attached hydrogen (secondary N) is 1. The fourth-order valence-electron chi connectivity index (χ4n) is 1.61. The summed E-state index contributed by atoms with van der Waals surface area (Å²) < 4.78 is 10.5. The maximum absolute atomic E-state index is 5.40. The first-order valence-electron chi connectivity index (χ1n) is 5.56. The Labute approximate surface area is 91.8 Å². The Morgan fingerprint density at radius 3 is 2.87 bits per heavy atom. The van der Waals surface area contributed by atoms with Crippen LogP contribution in [0.3, 0.4) is 0 Å². The zero-order valence-corrected chi connectivity index (χ0v) is 9.82. The van der Waals surface area contributed by atoms with Crippen molar-refractivity contribution >= 4 is 0 Å². The van der Waals surface area contributed by atoms with Crippen LogP contribution >= 0.6 is 0 Å². The Morgan fingerprint density at radius 2 is 2.33 bits per heavy atom. The van der Waals surface area contributed by atoms with Gasteiger partial charge in [0, 0.05) is 19.8 Å². The lowest BCUT2D eigenvalue weighted by molar-refractivity contribution is 0.181. The van der Waals surface area contributed by atoms with E-state index in [2.05, 4.69) is 19.2 Å². The summed E-state index contributed by atoms with van der Waals surface area (Å²) in [5.74, 6) is 1.02. The molecule has 0 saturated carbocycles. The average Bonchev–Trinajstić information content (AvgIpc) is 2.76. The van der Waals surface area contributed by atoms with Crippen LogP contribution < -0.4 is 5.32 Å². The Hall–Kier alpha value is -0.800.